The summed E-state index contributed by atoms with van der Waals surface area (Å²) in [5.74, 6) is 0. The van der Waals surface area contributed by atoms with Crippen LogP contribution in [-0.2, 0) is 11.4 Å². The van der Waals surface area contributed by atoms with Crippen LogP contribution in [-0.4, -0.2) is 24.0 Å². The first-order chi connectivity index (χ1) is 9.36. The van der Waals surface area contributed by atoms with Gasteiger partial charge in [-0.25, -0.2) is 10.3 Å². The molecular formula is C15H22N2O2. The zero-order valence-electron chi connectivity index (χ0n) is 11.3. The Labute approximate surface area is 114 Å². The maximum atomic E-state index is 11.9. The van der Waals surface area contributed by atoms with E-state index in [4.69, 9.17) is 4.84 Å². The molecule has 2 rings (SSSR count). The summed E-state index contributed by atoms with van der Waals surface area (Å²) in [6.07, 6.45) is 5.90. The van der Waals surface area contributed by atoms with Gasteiger partial charge in [0.05, 0.1) is 6.61 Å². The second-order valence-electron chi connectivity index (χ2n) is 4.94. The van der Waals surface area contributed by atoms with Crippen molar-refractivity contribution in [3.8, 4) is 0 Å². The van der Waals surface area contributed by atoms with Gasteiger partial charge in [0.15, 0.2) is 0 Å². The first-order valence-electron chi connectivity index (χ1n) is 7.07. The molecule has 1 aromatic rings. The minimum Gasteiger partial charge on any atom is -0.323 e. The lowest BCUT2D eigenvalue weighted by molar-refractivity contribution is 0.0357. The van der Waals surface area contributed by atoms with Crippen LogP contribution in [0.4, 0.5) is 4.79 Å². The second kappa shape index (κ2) is 7.79. The molecule has 1 N–H and O–H groups in total. The standard InChI is InChI=1S/C15H22N2O2/c18-15(17-11-7-2-1-3-8-12-17)16-19-13-14-9-5-4-6-10-14/h4-6,9-10H,1-3,7-8,11-13H2,(H,16,18). The number of hydrogen-bond acceptors (Lipinski definition) is 2. The number of benzene rings is 1. The van der Waals surface area contributed by atoms with E-state index in [1.807, 2.05) is 35.2 Å². The van der Waals surface area contributed by atoms with Crippen LogP contribution in [0, 0.1) is 0 Å². The maximum Gasteiger partial charge on any atom is 0.341 e. The monoisotopic (exact) mass is 262 g/mol. The summed E-state index contributed by atoms with van der Waals surface area (Å²) >= 11 is 0. The van der Waals surface area contributed by atoms with Gasteiger partial charge in [-0.3, -0.25) is 4.84 Å². The van der Waals surface area contributed by atoms with Crippen LogP contribution in [0.15, 0.2) is 30.3 Å². The van der Waals surface area contributed by atoms with Gasteiger partial charge in [-0.2, -0.15) is 0 Å². The molecule has 1 saturated heterocycles. The van der Waals surface area contributed by atoms with E-state index in [2.05, 4.69) is 5.48 Å². The molecule has 0 radical (unpaired) electrons. The molecule has 0 aromatic heterocycles. The summed E-state index contributed by atoms with van der Waals surface area (Å²) < 4.78 is 0. The highest BCUT2D eigenvalue weighted by molar-refractivity contribution is 5.72. The Balaban J connectivity index is 1.71. The van der Waals surface area contributed by atoms with Crippen molar-refractivity contribution in [3.05, 3.63) is 35.9 Å². The average Bonchev–Trinajstić information content (AvgIpc) is 2.39. The van der Waals surface area contributed by atoms with E-state index in [1.165, 1.54) is 19.3 Å². The SMILES string of the molecule is O=C(NOCc1ccccc1)N1CCCCCCC1. The number of hydrogen-bond donors (Lipinski definition) is 1. The molecule has 1 aliphatic heterocycles. The third kappa shape index (κ3) is 4.91. The molecule has 4 nitrogen and oxygen atoms in total. The van der Waals surface area contributed by atoms with Crippen molar-refractivity contribution < 1.29 is 9.63 Å². The number of hydroxylamine groups is 1. The second-order valence-corrected chi connectivity index (χ2v) is 4.94. The van der Waals surface area contributed by atoms with Crippen molar-refractivity contribution in [1.29, 1.82) is 0 Å². The van der Waals surface area contributed by atoms with E-state index in [-0.39, 0.29) is 6.03 Å². The highest BCUT2D eigenvalue weighted by Crippen LogP contribution is 2.10. The highest BCUT2D eigenvalue weighted by Gasteiger charge is 2.14. The van der Waals surface area contributed by atoms with Gasteiger partial charge in [-0.15, -0.1) is 0 Å². The first kappa shape index (κ1) is 13.9. The third-order valence-electron chi connectivity index (χ3n) is 3.38. The zero-order valence-corrected chi connectivity index (χ0v) is 11.3. The normalized spacial score (nSPS) is 16.5. The van der Waals surface area contributed by atoms with Gasteiger partial charge in [-0.1, -0.05) is 49.6 Å². The molecule has 0 atom stereocenters. The number of amides is 2. The summed E-state index contributed by atoms with van der Waals surface area (Å²) in [6.45, 7) is 2.07. The molecule has 4 heteroatoms. The summed E-state index contributed by atoms with van der Waals surface area (Å²) in [5.41, 5.74) is 3.59. The fraction of sp³-hybridized carbons (Fsp3) is 0.533. The number of nitrogens with one attached hydrogen (secondary N) is 1. The van der Waals surface area contributed by atoms with Gasteiger partial charge in [-0.05, 0) is 18.4 Å². The number of carbonyl (C=O) groups is 1. The van der Waals surface area contributed by atoms with E-state index in [0.717, 1.165) is 31.5 Å². The van der Waals surface area contributed by atoms with Crippen molar-refractivity contribution in [2.75, 3.05) is 13.1 Å². The van der Waals surface area contributed by atoms with Crippen molar-refractivity contribution in [3.63, 3.8) is 0 Å². The zero-order chi connectivity index (χ0) is 13.3. The molecule has 1 heterocycles. The van der Waals surface area contributed by atoms with E-state index in [9.17, 15) is 4.79 Å². The lowest BCUT2D eigenvalue weighted by Gasteiger charge is -2.24. The molecule has 1 fully saturated rings. The van der Waals surface area contributed by atoms with Crippen molar-refractivity contribution in [2.24, 2.45) is 0 Å². The Morgan fingerprint density at radius 2 is 1.68 bits per heavy atom. The summed E-state index contributed by atoms with van der Waals surface area (Å²) in [5, 5.41) is 0. The smallest absolute Gasteiger partial charge is 0.323 e. The number of likely N-dealkylation sites (tertiary alicyclic amines) is 1. The summed E-state index contributed by atoms with van der Waals surface area (Å²) in [6, 6.07) is 9.71. The molecule has 1 aromatic carbocycles. The molecule has 19 heavy (non-hydrogen) atoms. The Bertz CT molecular complexity index is 373. The topological polar surface area (TPSA) is 41.6 Å². The quantitative estimate of drug-likeness (QED) is 0.850. The van der Waals surface area contributed by atoms with Crippen molar-refractivity contribution in [2.45, 2.75) is 38.7 Å². The maximum absolute atomic E-state index is 11.9. The Hall–Kier alpha value is -1.55. The van der Waals surface area contributed by atoms with Crippen LogP contribution in [0.25, 0.3) is 0 Å². The Morgan fingerprint density at radius 1 is 1.05 bits per heavy atom. The van der Waals surface area contributed by atoms with Crippen LogP contribution in [0.2, 0.25) is 0 Å². The van der Waals surface area contributed by atoms with Crippen LogP contribution >= 0.6 is 0 Å². The fourth-order valence-electron chi connectivity index (χ4n) is 2.27. The molecule has 0 unspecified atom stereocenters. The highest BCUT2D eigenvalue weighted by atomic mass is 16.7. The average molecular weight is 262 g/mol. The molecule has 104 valence electrons. The minimum atomic E-state index is -0.113. The van der Waals surface area contributed by atoms with Gasteiger partial charge < -0.3 is 4.90 Å². The van der Waals surface area contributed by atoms with Crippen molar-refractivity contribution >= 4 is 6.03 Å². The lowest BCUT2D eigenvalue weighted by atomic mass is 10.1. The predicted molar refractivity (Wildman–Crippen MR) is 74.4 cm³/mol. The first-order valence-corrected chi connectivity index (χ1v) is 7.07. The summed E-state index contributed by atoms with van der Waals surface area (Å²) in [4.78, 5) is 19.1. The number of rotatable bonds is 3. The molecule has 0 saturated carbocycles. The number of nitrogens with zero attached hydrogens (tertiary/aromatic N) is 1. The van der Waals surface area contributed by atoms with Gasteiger partial charge in [0.1, 0.15) is 0 Å². The molecule has 1 aliphatic rings. The molecular weight excluding hydrogens is 240 g/mol. The lowest BCUT2D eigenvalue weighted by Crippen LogP contribution is -2.41. The van der Waals surface area contributed by atoms with E-state index in [1.54, 1.807) is 0 Å². The van der Waals surface area contributed by atoms with Gasteiger partial charge >= 0.3 is 6.03 Å². The van der Waals surface area contributed by atoms with Crippen LogP contribution < -0.4 is 5.48 Å². The van der Waals surface area contributed by atoms with E-state index in [0.29, 0.717) is 6.61 Å². The largest absolute Gasteiger partial charge is 0.341 e. The fourth-order valence-corrected chi connectivity index (χ4v) is 2.27. The van der Waals surface area contributed by atoms with Gasteiger partial charge in [0, 0.05) is 13.1 Å². The third-order valence-corrected chi connectivity index (χ3v) is 3.38. The Morgan fingerprint density at radius 3 is 2.37 bits per heavy atom. The summed E-state index contributed by atoms with van der Waals surface area (Å²) in [7, 11) is 0. The van der Waals surface area contributed by atoms with E-state index >= 15 is 0 Å². The van der Waals surface area contributed by atoms with Crippen LogP contribution in [0.5, 0.6) is 0 Å². The van der Waals surface area contributed by atoms with Crippen LogP contribution in [0.3, 0.4) is 0 Å². The number of carbonyl (C=O) groups excluding carboxylic acids is 1. The predicted octanol–water partition coefficient (Wildman–Crippen LogP) is 3.09. The van der Waals surface area contributed by atoms with Crippen molar-refractivity contribution in [1.82, 2.24) is 10.4 Å². The van der Waals surface area contributed by atoms with Gasteiger partial charge in [0.25, 0.3) is 0 Å². The molecule has 2 amide bonds. The Kier molecular flexibility index (Phi) is 5.69. The van der Waals surface area contributed by atoms with Gasteiger partial charge in [0.2, 0.25) is 0 Å². The molecule has 0 aliphatic carbocycles. The minimum absolute atomic E-state index is 0.113. The van der Waals surface area contributed by atoms with E-state index < -0.39 is 0 Å². The molecule has 0 bridgehead atoms. The molecule has 0 spiro atoms. The number of urea groups is 1. The van der Waals surface area contributed by atoms with Crippen LogP contribution in [0.1, 0.15) is 37.7 Å².